The van der Waals surface area contributed by atoms with Crippen molar-refractivity contribution < 1.29 is 47.8 Å². The lowest BCUT2D eigenvalue weighted by Crippen LogP contribution is -2.43. The third-order valence-electron chi connectivity index (χ3n) is 9.93. The molecular weight excluding hydrogens is 757 g/mol. The number of hydrogen-bond donors (Lipinski definition) is 4. The molecule has 0 fully saturated rings. The van der Waals surface area contributed by atoms with Crippen LogP contribution in [0.1, 0.15) is 206 Å². The van der Waals surface area contributed by atoms with Gasteiger partial charge in [-0.2, -0.15) is 0 Å². The minimum atomic E-state index is -4.75. The number of nitrogens with one attached hydrogen (secondary N) is 1. The number of allylic oxidation sites excluding steroid dienone is 6. The number of amides is 1. The summed E-state index contributed by atoms with van der Waals surface area (Å²) >= 11 is 0. The fourth-order valence-electron chi connectivity index (χ4n) is 6.32. The van der Waals surface area contributed by atoms with Crippen LogP contribution < -0.4 is 5.32 Å². The third kappa shape index (κ3) is 40.5. The monoisotopic (exact) mass is 842 g/mol. The molecule has 3 atom stereocenters. The van der Waals surface area contributed by atoms with Crippen LogP contribution in [0.25, 0.3) is 0 Å². The van der Waals surface area contributed by atoms with Gasteiger partial charge in [0.2, 0.25) is 5.91 Å². The summed E-state index contributed by atoms with van der Waals surface area (Å²) in [7, 11) is -4.75. The standard InChI is InChI=1S/C46H84NO10P/c1-3-5-7-9-11-13-15-16-17-18-19-20-21-22-23-24-25-26-28-29-31-33-35-37-44(49)47-43(46(51)52)41-57-58(53,54)56-40-42(48)39-55-45(50)38-36-34-32-30-27-14-12-10-8-6-4-2/h11,13,16-17,19-20,42-43,48H,3-10,12,14-15,18,21-41H2,1-2H3,(H,47,49)(H,51,52)(H,53,54)/b13-11-,17-16-,20-19-. The van der Waals surface area contributed by atoms with Gasteiger partial charge in [0.15, 0.2) is 6.04 Å². The van der Waals surface area contributed by atoms with Gasteiger partial charge >= 0.3 is 19.8 Å². The van der Waals surface area contributed by atoms with Crippen molar-refractivity contribution in [2.24, 2.45) is 0 Å². The van der Waals surface area contributed by atoms with Crippen molar-refractivity contribution in [2.45, 2.75) is 219 Å². The highest BCUT2D eigenvalue weighted by Gasteiger charge is 2.28. The lowest BCUT2D eigenvalue weighted by atomic mass is 10.0. The summed E-state index contributed by atoms with van der Waals surface area (Å²) in [5.74, 6) is -2.37. The van der Waals surface area contributed by atoms with Crippen LogP contribution in [0.2, 0.25) is 0 Å². The molecule has 0 aliphatic carbocycles. The number of unbranched alkanes of at least 4 members (excludes halogenated alkanes) is 23. The first-order valence-electron chi connectivity index (χ1n) is 23.0. The van der Waals surface area contributed by atoms with Crippen LogP contribution in [0.5, 0.6) is 0 Å². The van der Waals surface area contributed by atoms with E-state index in [-0.39, 0.29) is 12.8 Å². The van der Waals surface area contributed by atoms with E-state index in [4.69, 9.17) is 13.8 Å². The lowest BCUT2D eigenvalue weighted by molar-refractivity contribution is -0.147. The molecule has 0 aromatic heterocycles. The number of carbonyl (C=O) groups is 3. The lowest BCUT2D eigenvalue weighted by Gasteiger charge is -2.18. The molecule has 0 aromatic carbocycles. The Morgan fingerprint density at radius 1 is 0.552 bits per heavy atom. The zero-order chi connectivity index (χ0) is 42.8. The summed E-state index contributed by atoms with van der Waals surface area (Å²) in [6.07, 6.45) is 44.5. The second-order valence-electron chi connectivity index (χ2n) is 15.6. The van der Waals surface area contributed by atoms with E-state index in [1.165, 1.54) is 103 Å². The van der Waals surface area contributed by atoms with Crippen molar-refractivity contribution in [2.75, 3.05) is 19.8 Å². The molecule has 4 N–H and O–H groups in total. The van der Waals surface area contributed by atoms with Crippen molar-refractivity contribution in [3.05, 3.63) is 36.5 Å². The van der Waals surface area contributed by atoms with Gasteiger partial charge in [0.05, 0.1) is 13.2 Å². The number of hydrogen-bond acceptors (Lipinski definition) is 8. The van der Waals surface area contributed by atoms with Crippen LogP contribution in [0.3, 0.4) is 0 Å². The van der Waals surface area contributed by atoms with E-state index in [0.717, 1.165) is 64.2 Å². The normalized spacial score (nSPS) is 14.0. The first-order valence-corrected chi connectivity index (χ1v) is 24.5. The van der Waals surface area contributed by atoms with Crippen LogP contribution in [0.15, 0.2) is 36.5 Å². The maximum absolute atomic E-state index is 12.3. The number of ether oxygens (including phenoxy) is 1. The zero-order valence-corrected chi connectivity index (χ0v) is 37.5. The Morgan fingerprint density at radius 2 is 0.948 bits per heavy atom. The van der Waals surface area contributed by atoms with E-state index in [1.54, 1.807) is 0 Å². The average molecular weight is 842 g/mol. The molecule has 0 saturated heterocycles. The molecule has 0 heterocycles. The minimum absolute atomic E-state index is 0.141. The Labute approximate surface area is 352 Å². The number of phosphoric acid groups is 1. The number of aliphatic hydroxyl groups is 1. The van der Waals surface area contributed by atoms with E-state index in [0.29, 0.717) is 12.8 Å². The molecule has 0 bridgehead atoms. The molecule has 11 nitrogen and oxygen atoms in total. The summed E-state index contributed by atoms with van der Waals surface area (Å²) in [4.78, 5) is 45.9. The predicted molar refractivity (Wildman–Crippen MR) is 236 cm³/mol. The molecule has 12 heteroatoms. The van der Waals surface area contributed by atoms with Crippen molar-refractivity contribution in [1.82, 2.24) is 5.32 Å². The van der Waals surface area contributed by atoms with Crippen LogP contribution >= 0.6 is 7.82 Å². The van der Waals surface area contributed by atoms with Crippen LogP contribution in [0.4, 0.5) is 0 Å². The molecule has 0 radical (unpaired) electrons. The van der Waals surface area contributed by atoms with E-state index in [1.807, 2.05) is 0 Å². The minimum Gasteiger partial charge on any atom is -0.480 e. The number of aliphatic hydroxyl groups excluding tert-OH is 1. The molecule has 0 aromatic rings. The molecule has 0 aliphatic heterocycles. The first kappa shape index (κ1) is 55.7. The molecule has 0 saturated carbocycles. The Hall–Kier alpha value is -2.30. The summed E-state index contributed by atoms with van der Waals surface area (Å²) in [5.41, 5.74) is 0. The maximum atomic E-state index is 12.3. The average Bonchev–Trinajstić information content (AvgIpc) is 3.20. The molecule has 0 aliphatic rings. The highest BCUT2D eigenvalue weighted by Crippen LogP contribution is 2.43. The molecular formula is C46H84NO10P. The second-order valence-corrected chi connectivity index (χ2v) is 17.0. The molecule has 0 spiro atoms. The number of esters is 1. The first-order chi connectivity index (χ1) is 28.1. The maximum Gasteiger partial charge on any atom is 0.472 e. The number of carboxylic acids is 1. The van der Waals surface area contributed by atoms with Gasteiger partial charge in [0.25, 0.3) is 0 Å². The number of rotatable bonds is 43. The summed E-state index contributed by atoms with van der Waals surface area (Å²) in [5, 5.41) is 21.8. The number of carboxylic acid groups (broad SMARTS) is 1. The molecule has 0 rings (SSSR count). The van der Waals surface area contributed by atoms with Gasteiger partial charge in [-0.05, 0) is 51.4 Å². The Bertz CT molecular complexity index is 1130. The van der Waals surface area contributed by atoms with Gasteiger partial charge in [-0.3, -0.25) is 18.6 Å². The van der Waals surface area contributed by atoms with Gasteiger partial charge in [0.1, 0.15) is 12.7 Å². The van der Waals surface area contributed by atoms with Gasteiger partial charge in [0, 0.05) is 12.8 Å². The van der Waals surface area contributed by atoms with E-state index in [2.05, 4.69) is 55.6 Å². The van der Waals surface area contributed by atoms with Crippen LogP contribution in [-0.4, -0.2) is 64.9 Å². The predicted octanol–water partition coefficient (Wildman–Crippen LogP) is 12.0. The highest BCUT2D eigenvalue weighted by molar-refractivity contribution is 7.47. The third-order valence-corrected chi connectivity index (χ3v) is 10.9. The van der Waals surface area contributed by atoms with Crippen molar-refractivity contribution in [3.63, 3.8) is 0 Å². The Kier molecular flexibility index (Phi) is 39.8. The Balaban J connectivity index is 3.87. The molecule has 3 unspecified atom stereocenters. The fourth-order valence-corrected chi connectivity index (χ4v) is 7.09. The molecule has 58 heavy (non-hydrogen) atoms. The number of carbonyl (C=O) groups excluding carboxylic acids is 2. The van der Waals surface area contributed by atoms with Gasteiger partial charge in [-0.1, -0.05) is 179 Å². The second kappa shape index (κ2) is 41.4. The number of phosphoric ester groups is 1. The van der Waals surface area contributed by atoms with Crippen molar-refractivity contribution >= 4 is 25.7 Å². The Morgan fingerprint density at radius 3 is 1.45 bits per heavy atom. The van der Waals surface area contributed by atoms with Crippen molar-refractivity contribution in [1.29, 1.82) is 0 Å². The topological polar surface area (TPSA) is 169 Å². The van der Waals surface area contributed by atoms with Gasteiger partial charge in [-0.25, -0.2) is 9.36 Å². The van der Waals surface area contributed by atoms with E-state index < -0.39 is 57.6 Å². The number of aliphatic carboxylic acids is 1. The summed E-state index contributed by atoms with van der Waals surface area (Å²) in [6.45, 7) is 2.56. The quantitative estimate of drug-likeness (QED) is 0.0201. The van der Waals surface area contributed by atoms with E-state index in [9.17, 15) is 34.1 Å². The molecule has 338 valence electrons. The van der Waals surface area contributed by atoms with Gasteiger partial charge < -0.3 is 25.2 Å². The molecule has 1 amide bonds. The highest BCUT2D eigenvalue weighted by atomic mass is 31.2. The van der Waals surface area contributed by atoms with Crippen LogP contribution in [-0.2, 0) is 32.7 Å². The fraction of sp³-hybridized carbons (Fsp3) is 0.804. The van der Waals surface area contributed by atoms with E-state index >= 15 is 0 Å². The SMILES string of the molecule is CCCCC/C=C\C/C=C\C/C=C\CCCCCCCCCCCCC(=O)NC(COP(=O)(O)OCC(O)COC(=O)CCCCCCCCCCCCC)C(=O)O. The largest absolute Gasteiger partial charge is 0.480 e. The van der Waals surface area contributed by atoms with Crippen LogP contribution in [0, 0.1) is 0 Å². The zero-order valence-electron chi connectivity index (χ0n) is 36.6. The van der Waals surface area contributed by atoms with Gasteiger partial charge in [-0.15, -0.1) is 0 Å². The smallest absolute Gasteiger partial charge is 0.472 e. The van der Waals surface area contributed by atoms with Crippen molar-refractivity contribution in [3.8, 4) is 0 Å². The summed E-state index contributed by atoms with van der Waals surface area (Å²) < 4.78 is 26.8. The summed E-state index contributed by atoms with van der Waals surface area (Å²) in [6, 6.07) is -1.55.